The summed E-state index contributed by atoms with van der Waals surface area (Å²) in [5, 5.41) is 19.4. The normalized spacial score (nSPS) is 11.9. The SMILES string of the molecule is COc1ccc(-c2cc(-c3cccc(CO)n3)nc(-c3nc(CO)cc(CS(=O)(=O)O)c3CS(=O)(=O)O)c2)cc1. The number of methoxy groups -OCH3 is 1. The van der Waals surface area contributed by atoms with Crippen molar-refractivity contribution >= 4 is 20.2 Å². The number of hydrogen-bond donors (Lipinski definition) is 4. The van der Waals surface area contributed by atoms with E-state index in [9.17, 15) is 36.2 Å². The number of hydrogen-bond acceptors (Lipinski definition) is 10. The highest BCUT2D eigenvalue weighted by Crippen LogP contribution is 2.33. The molecule has 3 heterocycles. The first kappa shape index (κ1) is 29.2. The summed E-state index contributed by atoms with van der Waals surface area (Å²) in [6, 6.07) is 16.4. The van der Waals surface area contributed by atoms with Gasteiger partial charge >= 0.3 is 0 Å². The Labute approximate surface area is 230 Å². The molecule has 0 aliphatic rings. The van der Waals surface area contributed by atoms with Gasteiger partial charge in [-0.15, -0.1) is 0 Å². The van der Waals surface area contributed by atoms with Crippen molar-refractivity contribution in [1.29, 1.82) is 0 Å². The van der Waals surface area contributed by atoms with Crippen LogP contribution in [-0.2, 0) is 45.0 Å². The van der Waals surface area contributed by atoms with Crippen LogP contribution in [-0.4, -0.2) is 58.2 Å². The van der Waals surface area contributed by atoms with Gasteiger partial charge in [-0.05, 0) is 59.2 Å². The Kier molecular flexibility index (Phi) is 8.58. The molecule has 0 bridgehead atoms. The molecule has 4 rings (SSSR count). The highest BCUT2D eigenvalue weighted by molar-refractivity contribution is 7.85. The lowest BCUT2D eigenvalue weighted by Gasteiger charge is -2.16. The molecule has 0 saturated heterocycles. The van der Waals surface area contributed by atoms with Crippen molar-refractivity contribution in [2.75, 3.05) is 7.11 Å². The lowest BCUT2D eigenvalue weighted by molar-refractivity contribution is 0.276. The van der Waals surface area contributed by atoms with Crippen molar-refractivity contribution in [1.82, 2.24) is 15.0 Å². The van der Waals surface area contributed by atoms with E-state index >= 15 is 0 Å². The Hall–Kier alpha value is -3.79. The van der Waals surface area contributed by atoms with Gasteiger partial charge in [0.15, 0.2) is 0 Å². The molecule has 4 N–H and O–H groups in total. The predicted molar refractivity (Wildman–Crippen MR) is 145 cm³/mol. The molecule has 210 valence electrons. The monoisotopic (exact) mass is 587 g/mol. The fraction of sp³-hybridized carbons (Fsp3) is 0.192. The summed E-state index contributed by atoms with van der Waals surface area (Å²) in [6.45, 7) is -0.959. The molecule has 40 heavy (non-hydrogen) atoms. The lowest BCUT2D eigenvalue weighted by Crippen LogP contribution is -2.13. The van der Waals surface area contributed by atoms with Crippen LogP contribution in [0.15, 0.2) is 60.7 Å². The second-order valence-corrected chi connectivity index (χ2v) is 11.6. The zero-order valence-electron chi connectivity index (χ0n) is 21.1. The molecule has 4 aromatic rings. The Bertz CT molecular complexity index is 1760. The standard InChI is InChI=1S/C26H25N3O9S2/c1-38-21-7-5-16(6-8-21)17-10-24(23-4-2-3-19(12-30)27-23)29-25(11-17)26-22(15-40(35,36)37)18(14-39(32,33)34)9-20(13-31)28-26/h2-11,30-31H,12-15H2,1H3,(H,32,33,34)(H,35,36,37). The van der Waals surface area contributed by atoms with Crippen LogP contribution < -0.4 is 4.74 Å². The predicted octanol–water partition coefficient (Wildman–Crippen LogP) is 2.64. The molecule has 0 spiro atoms. The second kappa shape index (κ2) is 11.8. The van der Waals surface area contributed by atoms with Crippen LogP contribution in [0.4, 0.5) is 0 Å². The molecule has 0 fully saturated rings. The van der Waals surface area contributed by atoms with E-state index in [2.05, 4.69) is 15.0 Å². The van der Waals surface area contributed by atoms with Crippen LogP contribution in [0, 0.1) is 0 Å². The third kappa shape index (κ3) is 7.24. The van der Waals surface area contributed by atoms with E-state index in [1.807, 2.05) is 0 Å². The Morgan fingerprint density at radius 3 is 1.95 bits per heavy atom. The summed E-state index contributed by atoms with van der Waals surface area (Å²) in [4.78, 5) is 13.3. The first-order valence-electron chi connectivity index (χ1n) is 11.7. The van der Waals surface area contributed by atoms with Crippen LogP contribution in [0.2, 0.25) is 0 Å². The molecule has 0 atom stereocenters. The fourth-order valence-electron chi connectivity index (χ4n) is 4.09. The van der Waals surface area contributed by atoms with Crippen molar-refractivity contribution in [2.45, 2.75) is 24.7 Å². The summed E-state index contributed by atoms with van der Waals surface area (Å²) in [6.07, 6.45) is 0. The van der Waals surface area contributed by atoms with Gasteiger partial charge in [0.05, 0.1) is 54.5 Å². The molecule has 0 saturated carbocycles. The van der Waals surface area contributed by atoms with Crippen molar-refractivity contribution in [3.63, 3.8) is 0 Å². The average Bonchev–Trinajstić information content (AvgIpc) is 2.92. The maximum absolute atomic E-state index is 12.0. The molecular formula is C26H25N3O9S2. The van der Waals surface area contributed by atoms with Crippen molar-refractivity contribution in [3.8, 4) is 39.7 Å². The summed E-state index contributed by atoms with van der Waals surface area (Å²) in [5.74, 6) is -1.42. The minimum atomic E-state index is -4.71. The van der Waals surface area contributed by atoms with Gasteiger partial charge in [-0.25, -0.2) is 15.0 Å². The minimum absolute atomic E-state index is 0.0219. The van der Waals surface area contributed by atoms with E-state index in [-0.39, 0.29) is 34.8 Å². The molecule has 14 heteroatoms. The van der Waals surface area contributed by atoms with Crippen LogP contribution >= 0.6 is 0 Å². The maximum atomic E-state index is 12.0. The van der Waals surface area contributed by atoms with Crippen LogP contribution in [0.5, 0.6) is 5.75 Å². The van der Waals surface area contributed by atoms with Crippen molar-refractivity contribution in [3.05, 3.63) is 83.2 Å². The molecule has 0 aliphatic heterocycles. The highest BCUT2D eigenvalue weighted by Gasteiger charge is 2.24. The molecule has 1 aromatic carbocycles. The quantitative estimate of drug-likeness (QED) is 0.198. The van der Waals surface area contributed by atoms with Crippen LogP contribution in [0.3, 0.4) is 0 Å². The number of aromatic nitrogens is 3. The number of nitrogens with zero attached hydrogens (tertiary/aromatic N) is 3. The Morgan fingerprint density at radius 2 is 1.35 bits per heavy atom. The zero-order valence-corrected chi connectivity index (χ0v) is 22.7. The number of pyridine rings is 3. The fourth-order valence-corrected chi connectivity index (χ4v) is 5.43. The first-order chi connectivity index (χ1) is 18.9. The first-order valence-corrected chi connectivity index (χ1v) is 14.9. The van der Waals surface area contributed by atoms with Gasteiger partial charge in [0.25, 0.3) is 20.2 Å². The summed E-state index contributed by atoms with van der Waals surface area (Å²) in [7, 11) is -7.83. The summed E-state index contributed by atoms with van der Waals surface area (Å²) >= 11 is 0. The molecule has 3 aromatic heterocycles. The minimum Gasteiger partial charge on any atom is -0.497 e. The average molecular weight is 588 g/mol. The summed E-state index contributed by atoms with van der Waals surface area (Å²) in [5.41, 5.74) is 1.86. The number of rotatable bonds is 10. The molecule has 0 amide bonds. The molecule has 0 unspecified atom stereocenters. The number of aliphatic hydroxyl groups is 2. The van der Waals surface area contributed by atoms with E-state index in [4.69, 9.17) is 4.74 Å². The molecular weight excluding hydrogens is 562 g/mol. The number of benzene rings is 1. The van der Waals surface area contributed by atoms with Gasteiger partial charge in [0, 0.05) is 5.56 Å². The maximum Gasteiger partial charge on any atom is 0.269 e. The van der Waals surface area contributed by atoms with Gasteiger partial charge in [-0.3, -0.25) is 9.11 Å². The molecule has 0 radical (unpaired) electrons. The third-order valence-electron chi connectivity index (χ3n) is 5.82. The van der Waals surface area contributed by atoms with E-state index in [1.165, 1.54) is 7.11 Å². The zero-order chi connectivity index (χ0) is 29.1. The van der Waals surface area contributed by atoms with Crippen molar-refractivity contribution in [2.24, 2.45) is 0 Å². The Balaban J connectivity index is 2.05. The largest absolute Gasteiger partial charge is 0.497 e. The van der Waals surface area contributed by atoms with Gasteiger partial charge in [-0.2, -0.15) is 16.8 Å². The van der Waals surface area contributed by atoms with Gasteiger partial charge in [-0.1, -0.05) is 18.2 Å². The number of aliphatic hydroxyl groups excluding tert-OH is 2. The second-order valence-electron chi connectivity index (χ2n) is 8.74. The Morgan fingerprint density at radius 1 is 0.700 bits per heavy atom. The van der Waals surface area contributed by atoms with E-state index < -0.39 is 38.3 Å². The highest BCUT2D eigenvalue weighted by atomic mass is 32.2. The van der Waals surface area contributed by atoms with Crippen LogP contribution in [0.1, 0.15) is 22.5 Å². The smallest absolute Gasteiger partial charge is 0.269 e. The summed E-state index contributed by atoms with van der Waals surface area (Å²) < 4.78 is 71.9. The van der Waals surface area contributed by atoms with E-state index in [1.54, 1.807) is 54.6 Å². The van der Waals surface area contributed by atoms with Crippen molar-refractivity contribution < 1.29 is 40.9 Å². The van der Waals surface area contributed by atoms with Gasteiger partial charge < -0.3 is 14.9 Å². The molecule has 12 nitrogen and oxygen atoms in total. The topological polar surface area (TPSA) is 197 Å². The van der Waals surface area contributed by atoms with E-state index in [0.717, 1.165) is 6.07 Å². The van der Waals surface area contributed by atoms with Gasteiger partial charge in [0.1, 0.15) is 17.3 Å². The van der Waals surface area contributed by atoms with E-state index in [0.29, 0.717) is 34.0 Å². The van der Waals surface area contributed by atoms with Crippen LogP contribution in [0.25, 0.3) is 33.9 Å². The van der Waals surface area contributed by atoms with Gasteiger partial charge in [0.2, 0.25) is 0 Å². The molecule has 0 aliphatic carbocycles. The number of ether oxygens (including phenoxy) is 1. The third-order valence-corrected chi connectivity index (χ3v) is 7.15. The lowest BCUT2D eigenvalue weighted by atomic mass is 9.99.